The molecule has 2 aromatic heterocycles. The molecular formula is C28H30F3N5O2S. The number of alkyl halides is 3. The van der Waals surface area contributed by atoms with Gasteiger partial charge in [-0.2, -0.15) is 13.2 Å². The second kappa shape index (κ2) is 11.0. The minimum atomic E-state index is -4.51. The Morgan fingerprint density at radius 3 is 2.59 bits per heavy atom. The van der Waals surface area contributed by atoms with Gasteiger partial charge in [0.15, 0.2) is 0 Å². The van der Waals surface area contributed by atoms with Crippen LogP contribution in [0.1, 0.15) is 34.6 Å². The molecule has 0 bridgehead atoms. The number of thiophene rings is 1. The van der Waals surface area contributed by atoms with Gasteiger partial charge in [-0.05, 0) is 37.7 Å². The van der Waals surface area contributed by atoms with Crippen molar-refractivity contribution in [1.29, 1.82) is 0 Å². The van der Waals surface area contributed by atoms with Gasteiger partial charge in [0.1, 0.15) is 23.2 Å². The van der Waals surface area contributed by atoms with Gasteiger partial charge in [-0.25, -0.2) is 4.98 Å². The lowest BCUT2D eigenvalue weighted by Crippen LogP contribution is -2.43. The first kappa shape index (κ1) is 27.2. The highest BCUT2D eigenvalue weighted by atomic mass is 32.1. The van der Waals surface area contributed by atoms with E-state index in [-0.39, 0.29) is 12.0 Å². The molecule has 1 fully saturated rings. The molecular weight excluding hydrogens is 527 g/mol. The van der Waals surface area contributed by atoms with Crippen molar-refractivity contribution in [3.63, 3.8) is 0 Å². The van der Waals surface area contributed by atoms with Crippen molar-refractivity contribution in [1.82, 2.24) is 19.4 Å². The molecule has 3 heterocycles. The quantitative estimate of drug-likeness (QED) is 0.329. The van der Waals surface area contributed by atoms with Crippen LogP contribution in [-0.2, 0) is 23.9 Å². The molecule has 11 heteroatoms. The molecule has 0 saturated carbocycles. The highest BCUT2D eigenvalue weighted by molar-refractivity contribution is 7.15. The average Bonchev–Trinajstić information content (AvgIpc) is 3.48. The molecule has 0 spiro atoms. The fraction of sp³-hybridized carbons (Fsp3) is 0.357. The number of amides is 1. The Kier molecular flexibility index (Phi) is 7.66. The van der Waals surface area contributed by atoms with E-state index >= 15 is 0 Å². The van der Waals surface area contributed by atoms with Crippen molar-refractivity contribution in [3.8, 4) is 10.8 Å². The summed E-state index contributed by atoms with van der Waals surface area (Å²) < 4.78 is 48.8. The summed E-state index contributed by atoms with van der Waals surface area (Å²) in [5.74, 6) is -0.227. The molecule has 2 aromatic carbocycles. The van der Waals surface area contributed by atoms with E-state index in [9.17, 15) is 18.0 Å². The van der Waals surface area contributed by atoms with Gasteiger partial charge in [-0.3, -0.25) is 14.3 Å². The topological polar surface area (TPSA) is 76.6 Å². The summed E-state index contributed by atoms with van der Waals surface area (Å²) in [5, 5.41) is 0.733. The highest BCUT2D eigenvalue weighted by Gasteiger charge is 2.35. The number of ether oxygens (including phenoxy) is 1. The number of primary amides is 1. The van der Waals surface area contributed by atoms with Crippen LogP contribution >= 0.6 is 11.3 Å². The molecule has 1 saturated heterocycles. The molecule has 1 aliphatic rings. The lowest BCUT2D eigenvalue weighted by molar-refractivity contribution is -0.139. The van der Waals surface area contributed by atoms with Crippen LogP contribution in [0.4, 0.5) is 13.2 Å². The van der Waals surface area contributed by atoms with Crippen molar-refractivity contribution in [2.75, 3.05) is 33.2 Å². The Hall–Kier alpha value is -3.41. The molecule has 0 radical (unpaired) electrons. The molecule has 39 heavy (non-hydrogen) atoms. The summed E-state index contributed by atoms with van der Waals surface area (Å²) in [4.78, 5) is 21.6. The zero-order valence-electron chi connectivity index (χ0n) is 21.7. The smallest absolute Gasteiger partial charge is 0.416 e. The third kappa shape index (κ3) is 6.10. The van der Waals surface area contributed by atoms with E-state index in [2.05, 4.69) is 34.0 Å². The predicted octanol–water partition coefficient (Wildman–Crippen LogP) is 5.02. The molecule has 1 amide bonds. The van der Waals surface area contributed by atoms with Crippen LogP contribution in [0.25, 0.3) is 16.0 Å². The maximum Gasteiger partial charge on any atom is 0.416 e. The summed E-state index contributed by atoms with van der Waals surface area (Å²) >= 11 is 1.31. The van der Waals surface area contributed by atoms with Crippen molar-refractivity contribution < 1.29 is 22.7 Å². The van der Waals surface area contributed by atoms with E-state index < -0.39 is 23.8 Å². The normalized spacial score (nSPS) is 16.0. The Morgan fingerprint density at radius 2 is 1.87 bits per heavy atom. The predicted molar refractivity (Wildman–Crippen MR) is 145 cm³/mol. The number of hydrogen-bond donors (Lipinski definition) is 1. The maximum atomic E-state index is 13.6. The van der Waals surface area contributed by atoms with Gasteiger partial charge in [0.2, 0.25) is 5.91 Å². The first-order valence-electron chi connectivity index (χ1n) is 12.7. The first-order valence-corrected chi connectivity index (χ1v) is 13.5. The molecule has 0 unspecified atom stereocenters. The summed E-state index contributed by atoms with van der Waals surface area (Å²) in [6.07, 6.45) is -3.81. The Labute approximate surface area is 228 Å². The van der Waals surface area contributed by atoms with Crippen LogP contribution in [0.2, 0.25) is 0 Å². The Morgan fingerprint density at radius 1 is 1.13 bits per heavy atom. The second-order valence-electron chi connectivity index (χ2n) is 9.88. The number of nitrogens with zero attached hydrogens (tertiary/aromatic N) is 4. The number of imidazole rings is 1. The molecule has 1 aliphatic heterocycles. The van der Waals surface area contributed by atoms with Crippen LogP contribution < -0.4 is 10.5 Å². The number of piperazine rings is 1. The second-order valence-corrected chi connectivity index (χ2v) is 11.0. The highest BCUT2D eigenvalue weighted by Crippen LogP contribution is 2.39. The summed E-state index contributed by atoms with van der Waals surface area (Å²) in [5.41, 5.74) is 7.63. The number of nitrogens with two attached hydrogens (primary N) is 1. The number of halogens is 3. The van der Waals surface area contributed by atoms with E-state index in [1.807, 2.05) is 10.6 Å². The average molecular weight is 558 g/mol. The van der Waals surface area contributed by atoms with E-state index in [1.165, 1.54) is 23.5 Å². The van der Waals surface area contributed by atoms with Crippen molar-refractivity contribution >= 4 is 28.3 Å². The maximum absolute atomic E-state index is 13.6. The van der Waals surface area contributed by atoms with Crippen LogP contribution in [0.15, 0.2) is 54.9 Å². The van der Waals surface area contributed by atoms with E-state index in [0.29, 0.717) is 10.6 Å². The van der Waals surface area contributed by atoms with Gasteiger partial charge < -0.3 is 15.4 Å². The SMILES string of the molecule is C[C@@H](Oc1cc(-n2cnc3ccc(CN4CCN(C)CC4)cc32)sc1CC(N)=O)c1ccccc1C(F)(F)F. The van der Waals surface area contributed by atoms with Gasteiger partial charge in [0.25, 0.3) is 0 Å². The summed E-state index contributed by atoms with van der Waals surface area (Å²) in [6, 6.07) is 13.3. The number of likely N-dealkylation sites (N-methyl/N-ethyl adjacent to an activating group) is 1. The lowest BCUT2D eigenvalue weighted by atomic mass is 10.0. The first-order chi connectivity index (χ1) is 18.6. The minimum absolute atomic E-state index is 0.0180. The Bertz CT molecular complexity index is 1470. The number of hydrogen-bond acceptors (Lipinski definition) is 6. The van der Waals surface area contributed by atoms with E-state index in [1.54, 1.807) is 25.4 Å². The third-order valence-corrected chi connectivity index (χ3v) is 8.07. The van der Waals surface area contributed by atoms with Crippen molar-refractivity contribution in [3.05, 3.63) is 76.4 Å². The van der Waals surface area contributed by atoms with E-state index in [4.69, 9.17) is 10.5 Å². The zero-order chi connectivity index (χ0) is 27.7. The van der Waals surface area contributed by atoms with Gasteiger partial charge in [0.05, 0.1) is 27.9 Å². The van der Waals surface area contributed by atoms with Crippen molar-refractivity contribution in [2.45, 2.75) is 32.2 Å². The fourth-order valence-corrected chi connectivity index (χ4v) is 5.94. The fourth-order valence-electron chi connectivity index (χ4n) is 4.85. The molecule has 0 aliphatic carbocycles. The van der Waals surface area contributed by atoms with Crippen LogP contribution in [0, 0.1) is 0 Å². The number of benzene rings is 2. The number of rotatable bonds is 8. The third-order valence-electron chi connectivity index (χ3n) is 6.95. The zero-order valence-corrected chi connectivity index (χ0v) is 22.6. The minimum Gasteiger partial charge on any atom is -0.485 e. The summed E-state index contributed by atoms with van der Waals surface area (Å²) in [7, 11) is 2.13. The number of carbonyl (C=O) groups excluding carboxylic acids is 1. The van der Waals surface area contributed by atoms with Gasteiger partial charge in [-0.15, -0.1) is 11.3 Å². The lowest BCUT2D eigenvalue weighted by Gasteiger charge is -2.32. The number of fused-ring (bicyclic) bond motifs is 1. The largest absolute Gasteiger partial charge is 0.485 e. The van der Waals surface area contributed by atoms with Gasteiger partial charge in [-0.1, -0.05) is 24.3 Å². The molecule has 4 aromatic rings. The van der Waals surface area contributed by atoms with Gasteiger partial charge in [0, 0.05) is 44.4 Å². The number of carbonyl (C=O) groups is 1. The standard InChI is InChI=1S/C28H30F3N5O2S/c1-18(20-5-3-4-6-21(20)28(29,30)31)38-24-14-27(39-25(24)15-26(32)37)36-17-33-22-8-7-19(13-23(22)36)16-35-11-9-34(2)10-12-35/h3-8,13-14,17-18H,9-12,15-16H2,1-2H3,(H2,32,37)/t18-/m1/s1. The number of aromatic nitrogens is 2. The van der Waals surface area contributed by atoms with Gasteiger partial charge >= 0.3 is 6.18 Å². The monoisotopic (exact) mass is 557 g/mol. The molecule has 1 atom stereocenters. The van der Waals surface area contributed by atoms with Crippen molar-refractivity contribution in [2.24, 2.45) is 5.73 Å². The van der Waals surface area contributed by atoms with Crippen LogP contribution in [-0.4, -0.2) is 58.5 Å². The summed E-state index contributed by atoms with van der Waals surface area (Å²) in [6.45, 7) is 6.47. The molecule has 7 nitrogen and oxygen atoms in total. The molecule has 2 N–H and O–H groups in total. The Balaban J connectivity index is 1.45. The molecule has 5 rings (SSSR count). The van der Waals surface area contributed by atoms with Crippen LogP contribution in [0.5, 0.6) is 5.75 Å². The van der Waals surface area contributed by atoms with E-state index in [0.717, 1.165) is 60.4 Å². The van der Waals surface area contributed by atoms with Crippen LogP contribution in [0.3, 0.4) is 0 Å². The molecule has 206 valence electrons.